The second-order valence-corrected chi connectivity index (χ2v) is 10.6. The highest BCUT2D eigenvalue weighted by Crippen LogP contribution is 2.21. The molecule has 0 bridgehead atoms. The molecule has 0 saturated heterocycles. The molecule has 44 heavy (non-hydrogen) atoms. The molecule has 0 aromatic heterocycles. The van der Waals surface area contributed by atoms with E-state index in [4.69, 9.17) is 18.9 Å². The van der Waals surface area contributed by atoms with E-state index in [2.05, 4.69) is 5.32 Å². The molecular formula is C35H41NO8. The van der Waals surface area contributed by atoms with Crippen molar-refractivity contribution in [1.82, 2.24) is 5.32 Å². The van der Waals surface area contributed by atoms with Crippen molar-refractivity contribution >= 4 is 24.0 Å². The van der Waals surface area contributed by atoms with Crippen LogP contribution in [0, 0.1) is 5.92 Å². The van der Waals surface area contributed by atoms with Gasteiger partial charge in [0.15, 0.2) is 0 Å². The summed E-state index contributed by atoms with van der Waals surface area (Å²) in [5, 5.41) is 2.97. The number of hydrogen-bond donors (Lipinski definition) is 1. The number of hydrogen-bond acceptors (Lipinski definition) is 8. The zero-order chi connectivity index (χ0) is 31.7. The molecule has 0 radical (unpaired) electrons. The van der Waals surface area contributed by atoms with Crippen LogP contribution in [0.3, 0.4) is 0 Å². The number of amides is 1. The molecule has 0 aliphatic carbocycles. The Morgan fingerprint density at radius 1 is 0.727 bits per heavy atom. The van der Waals surface area contributed by atoms with Gasteiger partial charge in [-0.3, -0.25) is 14.4 Å². The summed E-state index contributed by atoms with van der Waals surface area (Å²) in [5.74, 6) is -2.00. The van der Waals surface area contributed by atoms with Gasteiger partial charge in [-0.2, -0.15) is 0 Å². The fourth-order valence-corrected chi connectivity index (χ4v) is 4.35. The van der Waals surface area contributed by atoms with Gasteiger partial charge in [-0.1, -0.05) is 98.8 Å². The van der Waals surface area contributed by atoms with Gasteiger partial charge in [0.2, 0.25) is 12.7 Å². The highest BCUT2D eigenvalue weighted by Gasteiger charge is 2.23. The Labute approximate surface area is 258 Å². The maximum atomic E-state index is 12.9. The first kappa shape index (κ1) is 33.8. The van der Waals surface area contributed by atoms with Crippen LogP contribution in [0.1, 0.15) is 57.6 Å². The number of esters is 2. The fourth-order valence-electron chi connectivity index (χ4n) is 4.35. The first-order valence-corrected chi connectivity index (χ1v) is 14.9. The Hall–Kier alpha value is -4.66. The lowest BCUT2D eigenvalue weighted by atomic mass is 9.94. The molecule has 3 rings (SSSR count). The summed E-state index contributed by atoms with van der Waals surface area (Å²) in [6.07, 6.45) is -0.000695. The van der Waals surface area contributed by atoms with Crippen molar-refractivity contribution in [2.75, 3.05) is 6.79 Å². The first-order valence-electron chi connectivity index (χ1n) is 14.9. The monoisotopic (exact) mass is 603 g/mol. The summed E-state index contributed by atoms with van der Waals surface area (Å²) in [6.45, 7) is 4.85. The van der Waals surface area contributed by atoms with E-state index in [0.717, 1.165) is 22.3 Å². The van der Waals surface area contributed by atoms with Crippen LogP contribution in [0.4, 0.5) is 4.79 Å². The van der Waals surface area contributed by atoms with Gasteiger partial charge in [0.05, 0.1) is 12.3 Å². The summed E-state index contributed by atoms with van der Waals surface area (Å²) >= 11 is 0. The molecule has 0 heterocycles. The first-order chi connectivity index (χ1) is 21.2. The van der Waals surface area contributed by atoms with Gasteiger partial charge < -0.3 is 24.3 Å². The van der Waals surface area contributed by atoms with Crippen LogP contribution < -0.4 is 5.32 Å². The van der Waals surface area contributed by atoms with Crippen molar-refractivity contribution < 1.29 is 38.1 Å². The predicted octanol–water partition coefficient (Wildman–Crippen LogP) is 6.38. The molecule has 3 aromatic carbocycles. The molecule has 0 aliphatic heterocycles. The SMILES string of the molecule is CCC(C)OC(=O)OCOC(=O)C(C)C[C@@H](Cc1ccc(-c2ccccc2)cc1)NC(=O)CCC(=O)OCc1ccccc1. The average molecular weight is 604 g/mol. The zero-order valence-electron chi connectivity index (χ0n) is 25.5. The molecule has 0 fully saturated rings. The van der Waals surface area contributed by atoms with Crippen molar-refractivity contribution in [3.05, 3.63) is 96.1 Å². The second-order valence-electron chi connectivity index (χ2n) is 10.6. The molecule has 3 aromatic rings. The minimum atomic E-state index is -0.911. The molecule has 234 valence electrons. The summed E-state index contributed by atoms with van der Waals surface area (Å²) in [7, 11) is 0. The standard InChI is InChI=1S/C35H41NO8/c1-4-26(3)44-35(40)43-24-42-34(39)25(2)21-31(22-27-15-17-30(18-16-27)29-13-9-6-10-14-29)36-32(37)19-20-33(38)41-23-28-11-7-5-8-12-28/h5-18,25-26,31H,4,19-24H2,1-3H3,(H,36,37)/t25?,26?,31-/m0/s1. The topological polar surface area (TPSA) is 117 Å². The number of ether oxygens (including phenoxy) is 4. The van der Waals surface area contributed by atoms with Crippen LogP contribution in [0.5, 0.6) is 0 Å². The Morgan fingerprint density at radius 3 is 2.02 bits per heavy atom. The smallest absolute Gasteiger partial charge is 0.461 e. The molecule has 9 nitrogen and oxygen atoms in total. The van der Waals surface area contributed by atoms with E-state index in [0.29, 0.717) is 12.8 Å². The van der Waals surface area contributed by atoms with E-state index in [9.17, 15) is 19.2 Å². The number of carbonyl (C=O) groups excluding carboxylic acids is 4. The molecule has 1 amide bonds. The van der Waals surface area contributed by atoms with Crippen LogP contribution in [0.15, 0.2) is 84.9 Å². The van der Waals surface area contributed by atoms with Crippen LogP contribution in [0.25, 0.3) is 11.1 Å². The zero-order valence-corrected chi connectivity index (χ0v) is 25.5. The predicted molar refractivity (Wildman–Crippen MR) is 165 cm³/mol. The lowest BCUT2D eigenvalue weighted by molar-refractivity contribution is -0.158. The van der Waals surface area contributed by atoms with E-state index in [1.165, 1.54) is 0 Å². The molecule has 9 heteroatoms. The van der Waals surface area contributed by atoms with Gasteiger partial charge in [-0.15, -0.1) is 0 Å². The third-order valence-electron chi connectivity index (χ3n) is 7.00. The Morgan fingerprint density at radius 2 is 1.36 bits per heavy atom. The fraction of sp³-hybridized carbons (Fsp3) is 0.371. The molecule has 0 saturated carbocycles. The van der Waals surface area contributed by atoms with E-state index in [1.807, 2.05) is 91.9 Å². The van der Waals surface area contributed by atoms with Gasteiger partial charge in [-0.25, -0.2) is 4.79 Å². The molecule has 3 atom stereocenters. The van der Waals surface area contributed by atoms with E-state index >= 15 is 0 Å². The van der Waals surface area contributed by atoms with Crippen molar-refractivity contribution in [3.63, 3.8) is 0 Å². The Bertz CT molecular complexity index is 1330. The Balaban J connectivity index is 1.56. The quantitative estimate of drug-likeness (QED) is 0.114. The van der Waals surface area contributed by atoms with Gasteiger partial charge >= 0.3 is 18.1 Å². The maximum absolute atomic E-state index is 12.9. The van der Waals surface area contributed by atoms with Crippen LogP contribution >= 0.6 is 0 Å². The Kier molecular flexibility index (Phi) is 13.9. The second kappa shape index (κ2) is 18.1. The van der Waals surface area contributed by atoms with Crippen molar-refractivity contribution in [3.8, 4) is 11.1 Å². The number of nitrogens with one attached hydrogen (secondary N) is 1. The van der Waals surface area contributed by atoms with Crippen LogP contribution in [-0.4, -0.2) is 42.9 Å². The molecule has 1 N–H and O–H groups in total. The van der Waals surface area contributed by atoms with Gasteiger partial charge in [0.25, 0.3) is 0 Å². The molecule has 2 unspecified atom stereocenters. The van der Waals surface area contributed by atoms with Crippen LogP contribution in [-0.2, 0) is 46.4 Å². The third-order valence-corrected chi connectivity index (χ3v) is 7.00. The number of carbonyl (C=O) groups is 4. The number of rotatable bonds is 16. The van der Waals surface area contributed by atoms with E-state index < -0.39 is 36.8 Å². The summed E-state index contributed by atoms with van der Waals surface area (Å²) < 4.78 is 20.2. The van der Waals surface area contributed by atoms with Crippen molar-refractivity contribution in [2.45, 2.75) is 71.6 Å². The highest BCUT2D eigenvalue weighted by molar-refractivity contribution is 5.81. The van der Waals surface area contributed by atoms with Gasteiger partial charge in [0.1, 0.15) is 12.7 Å². The minimum absolute atomic E-state index is 0.0535. The van der Waals surface area contributed by atoms with Crippen molar-refractivity contribution in [2.24, 2.45) is 5.92 Å². The average Bonchev–Trinajstić information content (AvgIpc) is 3.03. The van der Waals surface area contributed by atoms with Crippen molar-refractivity contribution in [1.29, 1.82) is 0 Å². The maximum Gasteiger partial charge on any atom is 0.511 e. The summed E-state index contributed by atoms with van der Waals surface area (Å²) in [4.78, 5) is 49.4. The van der Waals surface area contributed by atoms with Crippen LogP contribution in [0.2, 0.25) is 0 Å². The lowest BCUT2D eigenvalue weighted by Crippen LogP contribution is -2.39. The van der Waals surface area contributed by atoms with E-state index in [-0.39, 0.29) is 37.9 Å². The van der Waals surface area contributed by atoms with Gasteiger partial charge in [0, 0.05) is 12.5 Å². The lowest BCUT2D eigenvalue weighted by Gasteiger charge is -2.22. The molecule has 0 spiro atoms. The highest BCUT2D eigenvalue weighted by atomic mass is 16.8. The summed E-state index contributed by atoms with van der Waals surface area (Å²) in [5.41, 5.74) is 3.98. The third kappa shape index (κ3) is 12.3. The van der Waals surface area contributed by atoms with Gasteiger partial charge in [-0.05, 0) is 48.4 Å². The minimum Gasteiger partial charge on any atom is -0.461 e. The summed E-state index contributed by atoms with van der Waals surface area (Å²) in [6, 6.07) is 26.9. The largest absolute Gasteiger partial charge is 0.511 e. The molecule has 0 aliphatic rings. The van der Waals surface area contributed by atoms with E-state index in [1.54, 1.807) is 13.8 Å². The molecular weight excluding hydrogens is 562 g/mol. The number of benzene rings is 3. The normalized spacial score (nSPS) is 12.7.